The summed E-state index contributed by atoms with van der Waals surface area (Å²) in [6.45, 7) is 2.74. The van der Waals surface area contributed by atoms with Gasteiger partial charge in [-0.05, 0) is 37.9 Å². The fourth-order valence-corrected chi connectivity index (χ4v) is 2.32. The van der Waals surface area contributed by atoms with Crippen molar-refractivity contribution in [3.8, 4) is 5.75 Å². The number of aromatic hydroxyl groups is 1. The Morgan fingerprint density at radius 2 is 2.50 bits per heavy atom. The molecule has 1 amide bonds. The second-order valence-electron chi connectivity index (χ2n) is 4.79. The van der Waals surface area contributed by atoms with Crippen LogP contribution in [0.4, 0.5) is 0 Å². The minimum atomic E-state index is -0.152. The van der Waals surface area contributed by atoms with E-state index in [1.54, 1.807) is 18.0 Å². The summed E-state index contributed by atoms with van der Waals surface area (Å²) in [7, 11) is 1.77. The number of nitrogens with zero attached hydrogens (tertiary/aromatic N) is 2. The van der Waals surface area contributed by atoms with Gasteiger partial charge < -0.3 is 15.3 Å². The molecule has 1 aromatic rings. The number of piperidine rings is 1. The van der Waals surface area contributed by atoms with Crippen molar-refractivity contribution in [3.63, 3.8) is 0 Å². The minimum absolute atomic E-state index is 0.0591. The van der Waals surface area contributed by atoms with Crippen LogP contribution in [-0.4, -0.2) is 47.6 Å². The summed E-state index contributed by atoms with van der Waals surface area (Å²) in [6.07, 6.45) is 5.12. The van der Waals surface area contributed by atoms with Crippen LogP contribution in [-0.2, 0) is 0 Å². The lowest BCUT2D eigenvalue weighted by Crippen LogP contribution is -2.39. The summed E-state index contributed by atoms with van der Waals surface area (Å²) < 4.78 is 0. The van der Waals surface area contributed by atoms with Crippen molar-refractivity contribution in [3.05, 3.63) is 24.0 Å². The Morgan fingerprint density at radius 3 is 3.17 bits per heavy atom. The minimum Gasteiger partial charge on any atom is -0.505 e. The number of rotatable bonds is 3. The molecule has 1 aromatic heterocycles. The van der Waals surface area contributed by atoms with Crippen LogP contribution in [0.15, 0.2) is 18.5 Å². The molecule has 5 nitrogen and oxygen atoms in total. The van der Waals surface area contributed by atoms with Crippen LogP contribution in [0.2, 0.25) is 0 Å². The van der Waals surface area contributed by atoms with Gasteiger partial charge in [0.2, 0.25) is 0 Å². The zero-order valence-electron chi connectivity index (χ0n) is 10.6. The summed E-state index contributed by atoms with van der Waals surface area (Å²) in [5, 5.41) is 12.9. The third-order valence-corrected chi connectivity index (χ3v) is 3.31. The van der Waals surface area contributed by atoms with Crippen LogP contribution in [0.25, 0.3) is 0 Å². The van der Waals surface area contributed by atoms with Crippen molar-refractivity contribution in [2.45, 2.75) is 12.8 Å². The molecule has 0 spiro atoms. The smallest absolute Gasteiger partial charge is 0.257 e. The summed E-state index contributed by atoms with van der Waals surface area (Å²) in [6, 6.07) is 1.55. The summed E-state index contributed by atoms with van der Waals surface area (Å²) in [5.41, 5.74) is 0.316. The van der Waals surface area contributed by atoms with Gasteiger partial charge in [-0.25, -0.2) is 0 Å². The Labute approximate surface area is 107 Å². The average Bonchev–Trinajstić information content (AvgIpc) is 2.39. The van der Waals surface area contributed by atoms with E-state index in [1.807, 2.05) is 0 Å². The van der Waals surface area contributed by atoms with Crippen molar-refractivity contribution >= 4 is 5.91 Å². The Hall–Kier alpha value is -1.62. The molecule has 0 radical (unpaired) electrons. The number of pyridine rings is 1. The van der Waals surface area contributed by atoms with Crippen molar-refractivity contribution in [1.29, 1.82) is 0 Å². The lowest BCUT2D eigenvalue weighted by Gasteiger charge is -2.27. The Morgan fingerprint density at radius 1 is 1.67 bits per heavy atom. The van der Waals surface area contributed by atoms with Gasteiger partial charge in [-0.1, -0.05) is 0 Å². The topological polar surface area (TPSA) is 65.5 Å². The zero-order chi connectivity index (χ0) is 13.0. The standard InChI is InChI=1S/C13H19N3O2/c1-16(9-10-3-2-5-14-7-10)13(18)11-4-6-15-8-12(11)17/h4,6,8,10,14,17H,2-3,5,7,9H2,1H3. The first-order valence-electron chi connectivity index (χ1n) is 6.27. The summed E-state index contributed by atoms with van der Waals surface area (Å²) in [5.74, 6) is 0.285. The van der Waals surface area contributed by atoms with Crippen LogP contribution < -0.4 is 5.32 Å². The molecule has 0 saturated carbocycles. The van der Waals surface area contributed by atoms with Gasteiger partial charge in [-0.15, -0.1) is 0 Å². The molecule has 0 bridgehead atoms. The van der Waals surface area contributed by atoms with Crippen LogP contribution in [0.5, 0.6) is 5.75 Å². The Kier molecular flexibility index (Phi) is 4.15. The predicted molar refractivity (Wildman–Crippen MR) is 68.5 cm³/mol. The molecular formula is C13H19N3O2. The van der Waals surface area contributed by atoms with E-state index in [0.29, 0.717) is 18.0 Å². The Bertz CT molecular complexity index is 416. The maximum absolute atomic E-state index is 12.2. The van der Waals surface area contributed by atoms with Crippen LogP contribution in [0.3, 0.4) is 0 Å². The van der Waals surface area contributed by atoms with E-state index in [0.717, 1.165) is 25.9 Å². The highest BCUT2D eigenvalue weighted by Gasteiger charge is 2.20. The molecule has 0 aliphatic carbocycles. The molecule has 1 aliphatic heterocycles. The molecule has 2 heterocycles. The Balaban J connectivity index is 1.98. The lowest BCUT2D eigenvalue weighted by atomic mass is 9.99. The number of nitrogens with one attached hydrogen (secondary N) is 1. The third-order valence-electron chi connectivity index (χ3n) is 3.31. The normalized spacial score (nSPS) is 19.5. The molecule has 98 valence electrons. The van der Waals surface area contributed by atoms with Gasteiger partial charge in [0.05, 0.1) is 11.8 Å². The first kappa shape index (κ1) is 12.8. The first-order valence-corrected chi connectivity index (χ1v) is 6.27. The molecule has 2 rings (SSSR count). The van der Waals surface area contributed by atoms with Crippen molar-refractivity contribution in [2.24, 2.45) is 5.92 Å². The number of hydrogen-bond donors (Lipinski definition) is 2. The third kappa shape index (κ3) is 2.98. The van der Waals surface area contributed by atoms with E-state index in [-0.39, 0.29) is 11.7 Å². The lowest BCUT2D eigenvalue weighted by molar-refractivity contribution is 0.0761. The molecule has 1 atom stereocenters. The second-order valence-corrected chi connectivity index (χ2v) is 4.79. The van der Waals surface area contributed by atoms with E-state index in [9.17, 15) is 9.90 Å². The SMILES string of the molecule is CN(CC1CCCNC1)C(=O)c1ccncc1O. The van der Waals surface area contributed by atoms with Gasteiger partial charge in [-0.2, -0.15) is 0 Å². The van der Waals surface area contributed by atoms with Gasteiger partial charge in [0, 0.05) is 19.8 Å². The number of hydrogen-bond acceptors (Lipinski definition) is 4. The highest BCUT2D eigenvalue weighted by Crippen LogP contribution is 2.18. The number of aromatic nitrogens is 1. The highest BCUT2D eigenvalue weighted by molar-refractivity contribution is 5.96. The van der Waals surface area contributed by atoms with E-state index in [1.165, 1.54) is 12.4 Å². The van der Waals surface area contributed by atoms with Crippen molar-refractivity contribution in [2.75, 3.05) is 26.7 Å². The largest absolute Gasteiger partial charge is 0.505 e. The van der Waals surface area contributed by atoms with Crippen molar-refractivity contribution < 1.29 is 9.90 Å². The molecule has 18 heavy (non-hydrogen) atoms. The van der Waals surface area contributed by atoms with Gasteiger partial charge in [-0.3, -0.25) is 9.78 Å². The maximum Gasteiger partial charge on any atom is 0.257 e. The second kappa shape index (κ2) is 5.82. The number of carbonyl (C=O) groups is 1. The van der Waals surface area contributed by atoms with Gasteiger partial charge in [0.15, 0.2) is 0 Å². The van der Waals surface area contributed by atoms with Gasteiger partial charge in [0.25, 0.3) is 5.91 Å². The number of amides is 1. The average molecular weight is 249 g/mol. The molecular weight excluding hydrogens is 230 g/mol. The zero-order valence-corrected chi connectivity index (χ0v) is 10.6. The molecule has 1 aliphatic rings. The molecule has 1 saturated heterocycles. The molecule has 1 fully saturated rings. The van der Waals surface area contributed by atoms with E-state index in [2.05, 4.69) is 10.3 Å². The highest BCUT2D eigenvalue weighted by atomic mass is 16.3. The fraction of sp³-hybridized carbons (Fsp3) is 0.538. The number of carbonyl (C=O) groups excluding carboxylic acids is 1. The monoisotopic (exact) mass is 249 g/mol. The van der Waals surface area contributed by atoms with E-state index in [4.69, 9.17) is 0 Å². The fourth-order valence-electron chi connectivity index (χ4n) is 2.32. The molecule has 0 aromatic carbocycles. The first-order chi connectivity index (χ1) is 8.68. The van der Waals surface area contributed by atoms with E-state index >= 15 is 0 Å². The van der Waals surface area contributed by atoms with E-state index < -0.39 is 0 Å². The van der Waals surface area contributed by atoms with Gasteiger partial charge >= 0.3 is 0 Å². The quantitative estimate of drug-likeness (QED) is 0.834. The summed E-state index contributed by atoms with van der Waals surface area (Å²) in [4.78, 5) is 17.6. The molecule has 1 unspecified atom stereocenters. The molecule has 2 N–H and O–H groups in total. The predicted octanol–water partition coefficient (Wildman–Crippen LogP) is 0.859. The van der Waals surface area contributed by atoms with Crippen LogP contribution in [0, 0.1) is 5.92 Å². The van der Waals surface area contributed by atoms with Crippen molar-refractivity contribution in [1.82, 2.24) is 15.2 Å². The maximum atomic E-state index is 12.2. The van der Waals surface area contributed by atoms with Crippen LogP contribution >= 0.6 is 0 Å². The van der Waals surface area contributed by atoms with Crippen LogP contribution in [0.1, 0.15) is 23.2 Å². The summed E-state index contributed by atoms with van der Waals surface area (Å²) >= 11 is 0. The van der Waals surface area contributed by atoms with Gasteiger partial charge in [0.1, 0.15) is 5.75 Å². The molecule has 5 heteroatoms.